The zero-order valence-electron chi connectivity index (χ0n) is 10.9. The van der Waals surface area contributed by atoms with Crippen LogP contribution in [-0.2, 0) is 6.42 Å². The molecule has 0 aromatic heterocycles. The van der Waals surface area contributed by atoms with Crippen molar-refractivity contribution in [2.45, 2.75) is 19.4 Å². The van der Waals surface area contributed by atoms with Crippen molar-refractivity contribution in [2.24, 2.45) is 0 Å². The highest BCUT2D eigenvalue weighted by molar-refractivity contribution is 9.10. The monoisotopic (exact) mass is 381 g/mol. The summed E-state index contributed by atoms with van der Waals surface area (Å²) in [6.45, 7) is 3.11. The minimum Gasteiger partial charge on any atom is -0.310 e. The summed E-state index contributed by atoms with van der Waals surface area (Å²) < 4.78 is 2.26. The van der Waals surface area contributed by atoms with Gasteiger partial charge < -0.3 is 5.32 Å². The maximum absolute atomic E-state index is 3.56. The number of hydrogen-bond donors (Lipinski definition) is 1. The van der Waals surface area contributed by atoms with E-state index in [4.69, 9.17) is 0 Å². The number of hydrogen-bond acceptors (Lipinski definition) is 1. The number of halogens is 2. The zero-order chi connectivity index (χ0) is 13.7. The Balaban J connectivity index is 2.21. The van der Waals surface area contributed by atoms with Gasteiger partial charge in [-0.05, 0) is 48.4 Å². The van der Waals surface area contributed by atoms with Gasteiger partial charge in [0.1, 0.15) is 0 Å². The third-order valence-corrected chi connectivity index (χ3v) is 4.02. The normalized spacial score (nSPS) is 12.4. The average molecular weight is 383 g/mol. The van der Waals surface area contributed by atoms with E-state index in [9.17, 15) is 0 Å². The zero-order valence-corrected chi connectivity index (χ0v) is 14.0. The molecule has 3 heteroatoms. The maximum atomic E-state index is 3.56. The second kappa shape index (κ2) is 7.22. The minimum absolute atomic E-state index is 0.344. The van der Waals surface area contributed by atoms with Crippen LogP contribution < -0.4 is 5.32 Å². The van der Waals surface area contributed by atoms with Crippen molar-refractivity contribution in [1.29, 1.82) is 0 Å². The molecule has 0 aliphatic carbocycles. The molecule has 0 aliphatic heterocycles. The number of benzene rings is 2. The van der Waals surface area contributed by atoms with Gasteiger partial charge in [-0.15, -0.1) is 0 Å². The second-order valence-corrected chi connectivity index (χ2v) is 6.33. The molecule has 0 aliphatic rings. The van der Waals surface area contributed by atoms with Crippen LogP contribution in [0.15, 0.2) is 57.5 Å². The lowest BCUT2D eigenvalue weighted by atomic mass is 9.99. The van der Waals surface area contributed by atoms with Gasteiger partial charge >= 0.3 is 0 Å². The topological polar surface area (TPSA) is 12.0 Å². The van der Waals surface area contributed by atoms with Crippen LogP contribution in [0.5, 0.6) is 0 Å². The molecule has 1 N–H and O–H groups in total. The molecule has 0 saturated heterocycles. The van der Waals surface area contributed by atoms with E-state index in [1.54, 1.807) is 0 Å². The highest BCUT2D eigenvalue weighted by Gasteiger charge is 2.11. The Morgan fingerprint density at radius 1 is 1.00 bits per heavy atom. The van der Waals surface area contributed by atoms with Crippen molar-refractivity contribution >= 4 is 31.9 Å². The predicted octanol–water partition coefficient (Wildman–Crippen LogP) is 5.10. The van der Waals surface area contributed by atoms with Gasteiger partial charge in [-0.2, -0.15) is 0 Å². The van der Waals surface area contributed by atoms with Crippen LogP contribution in [0.3, 0.4) is 0 Å². The maximum Gasteiger partial charge on any atom is 0.0361 e. The van der Waals surface area contributed by atoms with Gasteiger partial charge in [0.05, 0.1) is 0 Å². The molecule has 2 rings (SSSR count). The molecule has 0 heterocycles. The fourth-order valence-corrected chi connectivity index (χ4v) is 3.04. The Labute approximate surface area is 131 Å². The summed E-state index contributed by atoms with van der Waals surface area (Å²) in [6, 6.07) is 17.4. The molecule has 100 valence electrons. The molecule has 0 spiro atoms. The van der Waals surface area contributed by atoms with Gasteiger partial charge in [-0.25, -0.2) is 0 Å². The number of nitrogens with one attached hydrogen (secondary N) is 1. The van der Waals surface area contributed by atoms with Crippen LogP contribution in [-0.4, -0.2) is 6.54 Å². The summed E-state index contributed by atoms with van der Waals surface area (Å²) in [6.07, 6.45) is 0.990. The van der Waals surface area contributed by atoms with Crippen molar-refractivity contribution in [3.8, 4) is 0 Å². The van der Waals surface area contributed by atoms with Crippen LogP contribution in [0.1, 0.15) is 24.1 Å². The van der Waals surface area contributed by atoms with Crippen molar-refractivity contribution in [3.63, 3.8) is 0 Å². The second-order valence-electron chi connectivity index (χ2n) is 4.50. The summed E-state index contributed by atoms with van der Waals surface area (Å²) in [5.74, 6) is 0. The van der Waals surface area contributed by atoms with E-state index < -0.39 is 0 Å². The molecule has 1 atom stereocenters. The van der Waals surface area contributed by atoms with E-state index in [2.05, 4.69) is 92.6 Å². The predicted molar refractivity (Wildman–Crippen MR) is 88.4 cm³/mol. The summed E-state index contributed by atoms with van der Waals surface area (Å²) >= 11 is 7.07. The quantitative estimate of drug-likeness (QED) is 0.757. The third-order valence-electron chi connectivity index (χ3n) is 3.03. The van der Waals surface area contributed by atoms with Gasteiger partial charge in [-0.1, -0.05) is 63.0 Å². The van der Waals surface area contributed by atoms with Crippen molar-refractivity contribution < 1.29 is 0 Å². The highest BCUT2D eigenvalue weighted by Crippen LogP contribution is 2.23. The molecule has 2 aromatic carbocycles. The molecular formula is C16H17Br2N. The SMILES string of the molecule is CCNC(Cc1cccc(Br)c1)c1cccc(Br)c1. The van der Waals surface area contributed by atoms with Gasteiger partial charge in [0.25, 0.3) is 0 Å². The Kier molecular flexibility index (Phi) is 5.61. The molecule has 0 radical (unpaired) electrons. The molecule has 0 fully saturated rings. The molecule has 1 unspecified atom stereocenters. The number of likely N-dealkylation sites (N-methyl/N-ethyl adjacent to an activating group) is 1. The molecule has 0 saturated carbocycles. The van der Waals surface area contributed by atoms with Gasteiger partial charge in [0.15, 0.2) is 0 Å². The molecule has 19 heavy (non-hydrogen) atoms. The lowest BCUT2D eigenvalue weighted by Crippen LogP contribution is -2.22. The highest BCUT2D eigenvalue weighted by atomic mass is 79.9. The Morgan fingerprint density at radius 3 is 2.32 bits per heavy atom. The van der Waals surface area contributed by atoms with Gasteiger partial charge in [0.2, 0.25) is 0 Å². The van der Waals surface area contributed by atoms with E-state index in [-0.39, 0.29) is 0 Å². The largest absolute Gasteiger partial charge is 0.310 e. The minimum atomic E-state index is 0.344. The first kappa shape index (κ1) is 14.8. The van der Waals surface area contributed by atoms with Crippen LogP contribution in [0.25, 0.3) is 0 Å². The molecule has 0 amide bonds. The molecule has 2 aromatic rings. The Morgan fingerprint density at radius 2 is 1.68 bits per heavy atom. The fraction of sp³-hybridized carbons (Fsp3) is 0.250. The molecule has 1 nitrogen and oxygen atoms in total. The fourth-order valence-electron chi connectivity index (χ4n) is 2.18. The lowest BCUT2D eigenvalue weighted by molar-refractivity contribution is 0.549. The van der Waals surface area contributed by atoms with Crippen molar-refractivity contribution in [1.82, 2.24) is 5.32 Å². The van der Waals surface area contributed by atoms with E-state index in [1.807, 2.05) is 0 Å². The van der Waals surface area contributed by atoms with E-state index >= 15 is 0 Å². The van der Waals surface area contributed by atoms with E-state index in [0.29, 0.717) is 6.04 Å². The smallest absolute Gasteiger partial charge is 0.0361 e. The summed E-state index contributed by atoms with van der Waals surface area (Å²) in [7, 11) is 0. The standard InChI is InChI=1S/C16H17Br2N/c1-2-19-16(13-6-4-8-15(18)11-13)10-12-5-3-7-14(17)9-12/h3-9,11,16,19H,2,10H2,1H3. The first-order valence-electron chi connectivity index (χ1n) is 6.42. The van der Waals surface area contributed by atoms with Crippen LogP contribution in [0, 0.1) is 0 Å². The van der Waals surface area contributed by atoms with E-state index in [1.165, 1.54) is 11.1 Å². The van der Waals surface area contributed by atoms with Crippen molar-refractivity contribution in [2.75, 3.05) is 6.54 Å². The summed E-state index contributed by atoms with van der Waals surface area (Å²) in [5, 5.41) is 3.56. The molecular weight excluding hydrogens is 366 g/mol. The van der Waals surface area contributed by atoms with Crippen LogP contribution in [0.2, 0.25) is 0 Å². The molecule has 0 bridgehead atoms. The van der Waals surface area contributed by atoms with Gasteiger partial charge in [0, 0.05) is 15.0 Å². The average Bonchev–Trinajstić information content (AvgIpc) is 2.38. The van der Waals surface area contributed by atoms with Crippen molar-refractivity contribution in [3.05, 3.63) is 68.6 Å². The summed E-state index contributed by atoms with van der Waals surface area (Å²) in [4.78, 5) is 0. The van der Waals surface area contributed by atoms with E-state index in [0.717, 1.165) is 21.9 Å². The Bertz CT molecular complexity index is 540. The lowest BCUT2D eigenvalue weighted by Gasteiger charge is -2.19. The van der Waals surface area contributed by atoms with Crippen LogP contribution in [0.4, 0.5) is 0 Å². The first-order chi connectivity index (χ1) is 9.19. The first-order valence-corrected chi connectivity index (χ1v) is 8.01. The Hall–Kier alpha value is -0.640. The third kappa shape index (κ3) is 4.44. The summed E-state index contributed by atoms with van der Waals surface area (Å²) in [5.41, 5.74) is 2.65. The van der Waals surface area contributed by atoms with Crippen LogP contribution >= 0.6 is 31.9 Å². The number of rotatable bonds is 5. The van der Waals surface area contributed by atoms with Gasteiger partial charge in [-0.3, -0.25) is 0 Å².